The summed E-state index contributed by atoms with van der Waals surface area (Å²) in [5.41, 5.74) is 3.13. The van der Waals surface area contributed by atoms with Gasteiger partial charge in [0.05, 0.1) is 4.91 Å². The summed E-state index contributed by atoms with van der Waals surface area (Å²) in [7, 11) is 0. The van der Waals surface area contributed by atoms with E-state index in [9.17, 15) is 4.79 Å². The molecule has 0 bridgehead atoms. The number of thioether (sulfide) groups is 1. The fraction of sp³-hybridized carbons (Fsp3) is 0.533. The van der Waals surface area contributed by atoms with Crippen LogP contribution in [0.4, 0.5) is 0 Å². The Morgan fingerprint density at radius 1 is 1.21 bits per heavy atom. The molecule has 2 aliphatic carbocycles. The first-order valence-electron chi connectivity index (χ1n) is 7.10. The zero-order valence-corrected chi connectivity index (χ0v) is 12.5. The Labute approximate surface area is 121 Å². The average Bonchev–Trinajstić information content (AvgIpc) is 3.16. The molecule has 1 fully saturated rings. The van der Waals surface area contributed by atoms with Gasteiger partial charge in [0.1, 0.15) is 0 Å². The van der Waals surface area contributed by atoms with E-state index in [1.807, 2.05) is 11.3 Å². The van der Waals surface area contributed by atoms with Gasteiger partial charge >= 0.3 is 0 Å². The molecule has 19 heavy (non-hydrogen) atoms. The number of aryl methyl sites for hydroxylation is 1. The Hall–Kier alpha value is -0.740. The lowest BCUT2D eigenvalue weighted by atomic mass is 9.95. The largest absolute Gasteiger partial charge is 0.349 e. The van der Waals surface area contributed by atoms with Gasteiger partial charge in [-0.05, 0) is 55.7 Å². The summed E-state index contributed by atoms with van der Waals surface area (Å²) in [6.45, 7) is 0. The second kappa shape index (κ2) is 4.67. The van der Waals surface area contributed by atoms with Crippen molar-refractivity contribution in [2.75, 3.05) is 0 Å². The summed E-state index contributed by atoms with van der Waals surface area (Å²) in [4.78, 5) is 16.0. The zero-order chi connectivity index (χ0) is 12.8. The summed E-state index contributed by atoms with van der Waals surface area (Å²) >= 11 is 3.64. The van der Waals surface area contributed by atoms with Gasteiger partial charge in [0.2, 0.25) is 0 Å². The SMILES string of the molecule is O=C(NC1CC1)C1=Cc2sc3c(c2CS1)CCCC3. The highest BCUT2D eigenvalue weighted by Gasteiger charge is 2.28. The van der Waals surface area contributed by atoms with Gasteiger partial charge in [-0.25, -0.2) is 0 Å². The van der Waals surface area contributed by atoms with Crippen LogP contribution in [0.2, 0.25) is 0 Å². The van der Waals surface area contributed by atoms with E-state index in [1.54, 1.807) is 22.2 Å². The predicted octanol–water partition coefficient (Wildman–Crippen LogP) is 3.49. The fourth-order valence-electron chi connectivity index (χ4n) is 2.85. The van der Waals surface area contributed by atoms with E-state index >= 15 is 0 Å². The van der Waals surface area contributed by atoms with E-state index in [0.717, 1.165) is 23.5 Å². The quantitative estimate of drug-likeness (QED) is 0.903. The zero-order valence-electron chi connectivity index (χ0n) is 10.8. The molecule has 0 spiro atoms. The van der Waals surface area contributed by atoms with Crippen molar-refractivity contribution in [1.82, 2.24) is 5.32 Å². The van der Waals surface area contributed by atoms with Crippen molar-refractivity contribution in [1.29, 1.82) is 0 Å². The van der Waals surface area contributed by atoms with Crippen molar-refractivity contribution in [3.63, 3.8) is 0 Å². The summed E-state index contributed by atoms with van der Waals surface area (Å²) in [6.07, 6.45) is 9.60. The molecule has 0 unspecified atom stereocenters. The topological polar surface area (TPSA) is 29.1 Å². The molecule has 4 heteroatoms. The number of carbonyl (C=O) groups excluding carboxylic acids is 1. The molecule has 1 saturated carbocycles. The Balaban J connectivity index is 1.63. The third kappa shape index (κ3) is 2.25. The molecule has 2 nitrogen and oxygen atoms in total. The predicted molar refractivity (Wildman–Crippen MR) is 81.4 cm³/mol. The normalized spacial score (nSPS) is 21.4. The Morgan fingerprint density at radius 2 is 2.05 bits per heavy atom. The fourth-order valence-corrected chi connectivity index (χ4v) is 5.40. The molecular weight excluding hydrogens is 274 g/mol. The maximum absolute atomic E-state index is 12.1. The van der Waals surface area contributed by atoms with Crippen LogP contribution in [0, 0.1) is 0 Å². The molecule has 1 aromatic rings. The molecule has 1 aromatic heterocycles. The van der Waals surface area contributed by atoms with Gasteiger partial charge in [0, 0.05) is 21.5 Å². The van der Waals surface area contributed by atoms with Gasteiger partial charge in [-0.1, -0.05) is 0 Å². The van der Waals surface area contributed by atoms with E-state index in [2.05, 4.69) is 11.4 Å². The number of hydrogen-bond acceptors (Lipinski definition) is 3. The second-order valence-electron chi connectivity index (χ2n) is 5.60. The van der Waals surface area contributed by atoms with Crippen LogP contribution in [0.3, 0.4) is 0 Å². The molecule has 0 atom stereocenters. The molecule has 1 aliphatic heterocycles. The highest BCUT2D eigenvalue weighted by atomic mass is 32.2. The first kappa shape index (κ1) is 12.0. The van der Waals surface area contributed by atoms with Crippen LogP contribution in [0.15, 0.2) is 4.91 Å². The maximum Gasteiger partial charge on any atom is 0.257 e. The van der Waals surface area contributed by atoms with Crippen LogP contribution in [0.5, 0.6) is 0 Å². The summed E-state index contributed by atoms with van der Waals surface area (Å²) in [6, 6.07) is 0.451. The molecule has 3 aliphatic rings. The number of amides is 1. The van der Waals surface area contributed by atoms with Crippen molar-refractivity contribution < 1.29 is 4.79 Å². The van der Waals surface area contributed by atoms with Gasteiger partial charge < -0.3 is 5.32 Å². The lowest BCUT2D eigenvalue weighted by molar-refractivity contribution is -0.116. The minimum Gasteiger partial charge on any atom is -0.349 e. The van der Waals surface area contributed by atoms with Gasteiger partial charge in [0.25, 0.3) is 5.91 Å². The van der Waals surface area contributed by atoms with Gasteiger partial charge in [0.15, 0.2) is 0 Å². The molecule has 1 amide bonds. The Bertz CT molecular complexity index is 569. The Kier molecular flexibility index (Phi) is 2.96. The van der Waals surface area contributed by atoms with Gasteiger partial charge in [-0.2, -0.15) is 0 Å². The van der Waals surface area contributed by atoms with Crippen molar-refractivity contribution in [2.45, 2.75) is 50.3 Å². The summed E-state index contributed by atoms with van der Waals surface area (Å²) < 4.78 is 0. The lowest BCUT2D eigenvalue weighted by Crippen LogP contribution is -2.26. The van der Waals surface area contributed by atoms with Crippen molar-refractivity contribution in [3.05, 3.63) is 25.8 Å². The summed E-state index contributed by atoms with van der Waals surface area (Å²) in [5.74, 6) is 1.13. The standard InChI is InChI=1S/C15H17NOS2/c17-15(16-9-5-6-9)14-7-13-11(8-18-14)10-3-1-2-4-12(10)19-13/h7,9H,1-6,8H2,(H,16,17). The maximum atomic E-state index is 12.1. The van der Waals surface area contributed by atoms with E-state index in [1.165, 1.54) is 36.1 Å². The number of thiophene rings is 1. The van der Waals surface area contributed by atoms with Crippen molar-refractivity contribution in [3.8, 4) is 0 Å². The number of fused-ring (bicyclic) bond motifs is 3. The highest BCUT2D eigenvalue weighted by molar-refractivity contribution is 8.03. The lowest BCUT2D eigenvalue weighted by Gasteiger charge is -2.16. The van der Waals surface area contributed by atoms with E-state index in [0.29, 0.717) is 6.04 Å². The minimum absolute atomic E-state index is 0.143. The van der Waals surface area contributed by atoms with Crippen molar-refractivity contribution >= 4 is 35.1 Å². The van der Waals surface area contributed by atoms with Gasteiger partial charge in [-0.3, -0.25) is 4.79 Å². The first-order chi connectivity index (χ1) is 9.31. The monoisotopic (exact) mass is 291 g/mol. The number of carbonyl (C=O) groups is 1. The first-order valence-corrected chi connectivity index (χ1v) is 8.90. The highest BCUT2D eigenvalue weighted by Crippen LogP contribution is 2.42. The second-order valence-corrected chi connectivity index (χ2v) is 7.75. The molecule has 0 radical (unpaired) electrons. The van der Waals surface area contributed by atoms with Crippen LogP contribution in [-0.4, -0.2) is 11.9 Å². The van der Waals surface area contributed by atoms with Crippen LogP contribution in [-0.2, 0) is 23.4 Å². The third-order valence-electron chi connectivity index (χ3n) is 4.08. The summed E-state index contributed by atoms with van der Waals surface area (Å²) in [5, 5.41) is 3.09. The molecular formula is C15H17NOS2. The van der Waals surface area contributed by atoms with Crippen LogP contribution < -0.4 is 5.32 Å². The van der Waals surface area contributed by atoms with E-state index in [4.69, 9.17) is 0 Å². The van der Waals surface area contributed by atoms with E-state index < -0.39 is 0 Å². The van der Waals surface area contributed by atoms with Crippen LogP contribution >= 0.6 is 23.1 Å². The van der Waals surface area contributed by atoms with Gasteiger partial charge in [-0.15, -0.1) is 23.1 Å². The Morgan fingerprint density at radius 3 is 2.89 bits per heavy atom. The smallest absolute Gasteiger partial charge is 0.257 e. The molecule has 100 valence electrons. The molecule has 4 rings (SSSR count). The molecule has 1 N–H and O–H groups in total. The van der Waals surface area contributed by atoms with Crippen LogP contribution in [0.1, 0.15) is 46.6 Å². The minimum atomic E-state index is 0.143. The van der Waals surface area contributed by atoms with E-state index in [-0.39, 0.29) is 5.91 Å². The molecule has 0 aromatic carbocycles. The number of rotatable bonds is 2. The number of nitrogens with one attached hydrogen (secondary N) is 1. The molecule has 2 heterocycles. The van der Waals surface area contributed by atoms with Crippen LogP contribution in [0.25, 0.3) is 6.08 Å². The average molecular weight is 291 g/mol. The third-order valence-corrected chi connectivity index (χ3v) is 6.41. The molecule has 0 saturated heterocycles. The van der Waals surface area contributed by atoms with Crippen molar-refractivity contribution in [2.24, 2.45) is 0 Å². The number of hydrogen-bond donors (Lipinski definition) is 1.